The van der Waals surface area contributed by atoms with E-state index in [1.807, 2.05) is 0 Å². The zero-order valence-corrected chi connectivity index (χ0v) is 12.7. The SMILES string of the molecule is Cc1cc2c(N(CCCl)C3CCCC3)ncnc2s1. The summed E-state index contributed by atoms with van der Waals surface area (Å²) in [7, 11) is 0. The third-order valence-corrected chi connectivity index (χ3v) is 4.92. The van der Waals surface area contributed by atoms with Crippen molar-refractivity contribution < 1.29 is 0 Å². The highest BCUT2D eigenvalue weighted by molar-refractivity contribution is 7.18. The average Bonchev–Trinajstić information content (AvgIpc) is 3.03. The molecule has 19 heavy (non-hydrogen) atoms. The largest absolute Gasteiger partial charge is 0.352 e. The topological polar surface area (TPSA) is 29.0 Å². The highest BCUT2D eigenvalue weighted by atomic mass is 35.5. The second-order valence-electron chi connectivity index (χ2n) is 5.09. The number of alkyl halides is 1. The first-order valence-electron chi connectivity index (χ1n) is 6.83. The number of hydrogen-bond acceptors (Lipinski definition) is 4. The maximum atomic E-state index is 6.00. The van der Waals surface area contributed by atoms with Gasteiger partial charge in [-0.05, 0) is 25.8 Å². The monoisotopic (exact) mass is 295 g/mol. The lowest BCUT2D eigenvalue weighted by Crippen LogP contribution is -2.35. The Morgan fingerprint density at radius 2 is 2.16 bits per heavy atom. The van der Waals surface area contributed by atoms with Crippen LogP contribution in [0.25, 0.3) is 10.2 Å². The number of aromatic nitrogens is 2. The highest BCUT2D eigenvalue weighted by Crippen LogP contribution is 2.33. The van der Waals surface area contributed by atoms with E-state index in [0.717, 1.165) is 17.2 Å². The van der Waals surface area contributed by atoms with Crippen molar-refractivity contribution in [3.05, 3.63) is 17.3 Å². The predicted octanol–water partition coefficient (Wildman–Crippen LogP) is 3.99. The van der Waals surface area contributed by atoms with Gasteiger partial charge in [-0.2, -0.15) is 0 Å². The fourth-order valence-electron chi connectivity index (χ4n) is 2.96. The van der Waals surface area contributed by atoms with Gasteiger partial charge in [0.05, 0.1) is 5.39 Å². The average molecular weight is 296 g/mol. The van der Waals surface area contributed by atoms with Crippen LogP contribution in [-0.4, -0.2) is 28.4 Å². The van der Waals surface area contributed by atoms with Crippen LogP contribution in [0.15, 0.2) is 12.4 Å². The third-order valence-electron chi connectivity index (χ3n) is 3.79. The van der Waals surface area contributed by atoms with Crippen molar-refractivity contribution in [1.82, 2.24) is 9.97 Å². The van der Waals surface area contributed by atoms with Gasteiger partial charge in [0.15, 0.2) is 0 Å². The van der Waals surface area contributed by atoms with Gasteiger partial charge in [-0.15, -0.1) is 22.9 Å². The fraction of sp³-hybridized carbons (Fsp3) is 0.571. The van der Waals surface area contributed by atoms with E-state index < -0.39 is 0 Å². The van der Waals surface area contributed by atoms with Crippen LogP contribution in [0, 0.1) is 6.92 Å². The van der Waals surface area contributed by atoms with Crippen LogP contribution < -0.4 is 4.90 Å². The number of rotatable bonds is 4. The van der Waals surface area contributed by atoms with E-state index >= 15 is 0 Å². The van der Waals surface area contributed by atoms with E-state index in [9.17, 15) is 0 Å². The molecule has 0 atom stereocenters. The minimum atomic E-state index is 0.594. The quantitative estimate of drug-likeness (QED) is 0.799. The summed E-state index contributed by atoms with van der Waals surface area (Å²) in [6.07, 6.45) is 6.83. The highest BCUT2D eigenvalue weighted by Gasteiger charge is 2.25. The number of thiophene rings is 1. The van der Waals surface area contributed by atoms with Crippen LogP contribution in [0.2, 0.25) is 0 Å². The Morgan fingerprint density at radius 3 is 2.89 bits per heavy atom. The van der Waals surface area contributed by atoms with E-state index in [1.54, 1.807) is 17.7 Å². The molecule has 0 aromatic carbocycles. The number of aryl methyl sites for hydroxylation is 1. The molecule has 0 spiro atoms. The first kappa shape index (κ1) is 13.1. The number of fused-ring (bicyclic) bond motifs is 1. The minimum absolute atomic E-state index is 0.594. The maximum absolute atomic E-state index is 6.00. The molecule has 0 amide bonds. The fourth-order valence-corrected chi connectivity index (χ4v) is 3.98. The lowest BCUT2D eigenvalue weighted by Gasteiger charge is -2.29. The molecule has 1 fully saturated rings. The van der Waals surface area contributed by atoms with E-state index in [1.165, 1.54) is 35.9 Å². The number of nitrogens with zero attached hydrogens (tertiary/aromatic N) is 3. The standard InChI is InChI=1S/C14H18ClN3S/c1-10-8-12-13(16-9-17-14(12)19-10)18(7-6-15)11-4-2-3-5-11/h8-9,11H,2-7H2,1H3. The first-order valence-corrected chi connectivity index (χ1v) is 8.18. The van der Waals surface area contributed by atoms with E-state index in [-0.39, 0.29) is 0 Å². The van der Waals surface area contributed by atoms with Crippen LogP contribution in [0.5, 0.6) is 0 Å². The molecule has 2 aromatic heterocycles. The van der Waals surface area contributed by atoms with Crippen LogP contribution in [-0.2, 0) is 0 Å². The molecule has 2 aromatic rings. The van der Waals surface area contributed by atoms with Crippen molar-refractivity contribution in [3.8, 4) is 0 Å². The molecule has 2 heterocycles. The Kier molecular flexibility index (Phi) is 3.89. The first-order chi connectivity index (χ1) is 9.29. The van der Waals surface area contributed by atoms with Gasteiger partial charge in [0.1, 0.15) is 17.0 Å². The number of anilines is 1. The van der Waals surface area contributed by atoms with Crippen LogP contribution in [0.3, 0.4) is 0 Å². The Morgan fingerprint density at radius 1 is 1.37 bits per heavy atom. The smallest absolute Gasteiger partial charge is 0.141 e. The predicted molar refractivity (Wildman–Crippen MR) is 82.5 cm³/mol. The van der Waals surface area contributed by atoms with E-state index in [2.05, 4.69) is 27.9 Å². The summed E-state index contributed by atoms with van der Waals surface area (Å²) >= 11 is 7.73. The zero-order chi connectivity index (χ0) is 13.2. The maximum Gasteiger partial charge on any atom is 0.141 e. The molecule has 0 bridgehead atoms. The molecule has 102 valence electrons. The molecule has 1 aliphatic carbocycles. The molecule has 0 saturated heterocycles. The van der Waals surface area contributed by atoms with Gasteiger partial charge in [-0.25, -0.2) is 9.97 Å². The molecule has 5 heteroatoms. The van der Waals surface area contributed by atoms with Crippen molar-refractivity contribution in [3.63, 3.8) is 0 Å². The molecule has 0 aliphatic heterocycles. The molecular weight excluding hydrogens is 278 g/mol. The summed E-state index contributed by atoms with van der Waals surface area (Å²) in [5, 5.41) is 1.18. The molecule has 0 radical (unpaired) electrons. The van der Waals surface area contributed by atoms with Gasteiger partial charge in [0.25, 0.3) is 0 Å². The van der Waals surface area contributed by atoms with Gasteiger partial charge in [0.2, 0.25) is 0 Å². The van der Waals surface area contributed by atoms with Crippen LogP contribution in [0.1, 0.15) is 30.6 Å². The van der Waals surface area contributed by atoms with Crippen molar-refractivity contribution in [2.45, 2.75) is 38.6 Å². The van der Waals surface area contributed by atoms with Gasteiger partial charge >= 0.3 is 0 Å². The summed E-state index contributed by atoms with van der Waals surface area (Å²) in [5.41, 5.74) is 0. The third kappa shape index (κ3) is 2.56. The van der Waals surface area contributed by atoms with Gasteiger partial charge in [0, 0.05) is 23.3 Å². The summed E-state index contributed by atoms with van der Waals surface area (Å²) in [6.45, 7) is 2.99. The second kappa shape index (κ2) is 5.63. The van der Waals surface area contributed by atoms with Crippen molar-refractivity contribution in [2.75, 3.05) is 17.3 Å². The summed E-state index contributed by atoms with van der Waals surface area (Å²) < 4.78 is 0. The molecule has 1 aliphatic rings. The lowest BCUT2D eigenvalue weighted by molar-refractivity contribution is 0.616. The van der Waals surface area contributed by atoms with Crippen molar-refractivity contribution in [2.24, 2.45) is 0 Å². The van der Waals surface area contributed by atoms with E-state index in [4.69, 9.17) is 11.6 Å². The van der Waals surface area contributed by atoms with Gasteiger partial charge < -0.3 is 4.90 Å². The second-order valence-corrected chi connectivity index (χ2v) is 6.71. The van der Waals surface area contributed by atoms with Gasteiger partial charge in [-0.3, -0.25) is 0 Å². The Labute approximate surface area is 122 Å². The minimum Gasteiger partial charge on any atom is -0.352 e. The Hall–Kier alpha value is -0.870. The molecule has 0 unspecified atom stereocenters. The van der Waals surface area contributed by atoms with Gasteiger partial charge in [-0.1, -0.05) is 12.8 Å². The van der Waals surface area contributed by atoms with E-state index in [0.29, 0.717) is 11.9 Å². The van der Waals surface area contributed by atoms with Crippen LogP contribution in [0.4, 0.5) is 5.82 Å². The number of halogens is 1. The Bertz CT molecular complexity index is 563. The summed E-state index contributed by atoms with van der Waals surface area (Å²) in [5.74, 6) is 1.72. The molecular formula is C14H18ClN3S. The number of hydrogen-bond donors (Lipinski definition) is 0. The normalized spacial score (nSPS) is 16.3. The summed E-state index contributed by atoms with van der Waals surface area (Å²) in [6, 6.07) is 2.79. The molecule has 3 nitrogen and oxygen atoms in total. The molecule has 0 N–H and O–H groups in total. The zero-order valence-electron chi connectivity index (χ0n) is 11.1. The van der Waals surface area contributed by atoms with Crippen LogP contribution >= 0.6 is 22.9 Å². The lowest BCUT2D eigenvalue weighted by atomic mass is 10.2. The molecule has 1 saturated carbocycles. The summed E-state index contributed by atoms with van der Waals surface area (Å²) in [4.78, 5) is 13.7. The van der Waals surface area contributed by atoms with Crippen molar-refractivity contribution >= 4 is 39.0 Å². The van der Waals surface area contributed by atoms with Crippen molar-refractivity contribution in [1.29, 1.82) is 0 Å². The Balaban J connectivity index is 2.03. The molecule has 3 rings (SSSR count).